The molecule has 2 aliphatic rings. The maximum atomic E-state index is 9.09. The van der Waals surface area contributed by atoms with Gasteiger partial charge < -0.3 is 25.6 Å². The minimum Gasteiger partial charge on any atom is -0.391 e. The van der Waals surface area contributed by atoms with Crippen molar-refractivity contribution in [2.24, 2.45) is 0 Å². The average Bonchev–Trinajstić information content (AvgIpc) is 3.08. The lowest BCUT2D eigenvalue weighted by atomic mass is 9.93. The SMILES string of the molecule is Nc1nc(NC2CCC2)c2ncn(C3CO[C@@H](CO)O3)c2n1. The van der Waals surface area contributed by atoms with Gasteiger partial charge in [-0.05, 0) is 19.3 Å². The molecule has 4 N–H and O–H groups in total. The molecule has 0 bridgehead atoms. The molecule has 2 fully saturated rings. The van der Waals surface area contributed by atoms with E-state index < -0.39 is 6.29 Å². The van der Waals surface area contributed by atoms with Gasteiger partial charge >= 0.3 is 0 Å². The van der Waals surface area contributed by atoms with E-state index in [-0.39, 0.29) is 18.8 Å². The van der Waals surface area contributed by atoms with Gasteiger partial charge in [0, 0.05) is 6.04 Å². The summed E-state index contributed by atoms with van der Waals surface area (Å²) >= 11 is 0. The molecular formula is C13H18N6O3. The minimum absolute atomic E-state index is 0.186. The summed E-state index contributed by atoms with van der Waals surface area (Å²) in [5.74, 6) is 0.845. The first kappa shape index (κ1) is 13.7. The lowest BCUT2D eigenvalue weighted by molar-refractivity contribution is -0.0980. The number of rotatable bonds is 4. The molecule has 2 aromatic heterocycles. The van der Waals surface area contributed by atoms with Gasteiger partial charge in [-0.3, -0.25) is 4.57 Å². The number of aliphatic hydroxyl groups is 1. The summed E-state index contributed by atoms with van der Waals surface area (Å²) in [6, 6.07) is 0.424. The zero-order valence-electron chi connectivity index (χ0n) is 12.0. The zero-order chi connectivity index (χ0) is 15.1. The number of aliphatic hydroxyl groups excluding tert-OH is 1. The van der Waals surface area contributed by atoms with Crippen LogP contribution < -0.4 is 11.1 Å². The number of anilines is 2. The van der Waals surface area contributed by atoms with E-state index in [1.165, 1.54) is 6.42 Å². The Labute approximate surface area is 126 Å². The van der Waals surface area contributed by atoms with E-state index in [1.807, 2.05) is 0 Å². The van der Waals surface area contributed by atoms with E-state index in [1.54, 1.807) is 10.9 Å². The largest absolute Gasteiger partial charge is 0.391 e. The molecule has 1 unspecified atom stereocenters. The van der Waals surface area contributed by atoms with Crippen LogP contribution in [0.25, 0.3) is 11.2 Å². The van der Waals surface area contributed by atoms with Crippen LogP contribution in [0.15, 0.2) is 6.33 Å². The van der Waals surface area contributed by atoms with Crippen LogP contribution in [0.1, 0.15) is 25.5 Å². The molecule has 0 amide bonds. The molecule has 118 valence electrons. The van der Waals surface area contributed by atoms with Crippen LogP contribution in [0, 0.1) is 0 Å². The van der Waals surface area contributed by atoms with E-state index in [4.69, 9.17) is 20.3 Å². The summed E-state index contributed by atoms with van der Waals surface area (Å²) < 4.78 is 12.7. The number of nitrogens with zero attached hydrogens (tertiary/aromatic N) is 4. The van der Waals surface area contributed by atoms with Gasteiger partial charge in [0.05, 0.1) is 19.5 Å². The topological polar surface area (TPSA) is 120 Å². The summed E-state index contributed by atoms with van der Waals surface area (Å²) in [6.45, 7) is 0.140. The monoisotopic (exact) mass is 306 g/mol. The van der Waals surface area contributed by atoms with Crippen LogP contribution in [0.5, 0.6) is 0 Å². The maximum absolute atomic E-state index is 9.09. The number of nitrogen functional groups attached to an aromatic ring is 1. The highest BCUT2D eigenvalue weighted by Crippen LogP contribution is 2.29. The molecule has 0 spiro atoms. The molecule has 22 heavy (non-hydrogen) atoms. The Morgan fingerprint density at radius 1 is 1.41 bits per heavy atom. The first-order chi connectivity index (χ1) is 10.7. The summed E-state index contributed by atoms with van der Waals surface area (Å²) in [6.07, 6.45) is 4.12. The molecule has 9 nitrogen and oxygen atoms in total. The van der Waals surface area contributed by atoms with Crippen molar-refractivity contribution in [1.82, 2.24) is 19.5 Å². The number of hydrogen-bond acceptors (Lipinski definition) is 8. The fraction of sp³-hybridized carbons (Fsp3) is 0.615. The Morgan fingerprint density at radius 2 is 2.27 bits per heavy atom. The molecule has 4 rings (SSSR count). The van der Waals surface area contributed by atoms with E-state index in [0.717, 1.165) is 12.8 Å². The third kappa shape index (κ3) is 2.27. The van der Waals surface area contributed by atoms with Crippen LogP contribution in [0.3, 0.4) is 0 Å². The van der Waals surface area contributed by atoms with Gasteiger partial charge in [0.25, 0.3) is 0 Å². The normalized spacial score (nSPS) is 25.5. The maximum Gasteiger partial charge on any atom is 0.224 e. The number of ether oxygens (including phenoxy) is 2. The highest BCUT2D eigenvalue weighted by atomic mass is 16.7. The first-order valence-corrected chi connectivity index (χ1v) is 7.39. The van der Waals surface area contributed by atoms with Gasteiger partial charge in [0.2, 0.25) is 5.95 Å². The summed E-state index contributed by atoms with van der Waals surface area (Å²) in [4.78, 5) is 12.9. The van der Waals surface area contributed by atoms with E-state index >= 15 is 0 Å². The van der Waals surface area contributed by atoms with Gasteiger partial charge in [0.1, 0.15) is 0 Å². The van der Waals surface area contributed by atoms with Crippen LogP contribution in [0.4, 0.5) is 11.8 Å². The number of nitrogens with two attached hydrogens (primary N) is 1. The molecule has 0 radical (unpaired) electrons. The summed E-state index contributed by atoms with van der Waals surface area (Å²) in [5, 5.41) is 12.5. The second kappa shape index (κ2) is 5.34. The van der Waals surface area contributed by atoms with Crippen LogP contribution >= 0.6 is 0 Å². The van der Waals surface area contributed by atoms with Gasteiger partial charge in [0.15, 0.2) is 29.5 Å². The Hall–Kier alpha value is -1.97. The molecule has 2 aromatic rings. The molecule has 3 heterocycles. The van der Waals surface area contributed by atoms with Crippen LogP contribution in [0.2, 0.25) is 0 Å². The van der Waals surface area contributed by atoms with Gasteiger partial charge in [-0.15, -0.1) is 0 Å². The number of fused-ring (bicyclic) bond motifs is 1. The average molecular weight is 306 g/mol. The standard InChI is InChI=1S/C13H18N6O3/c14-13-17-11(16-7-2-1-3-7)10-12(18-13)19(6-15-10)8-5-21-9(4-20)22-8/h6-9,20H,1-5H2,(H3,14,16,17,18)/t8?,9-/m1/s1. The van der Waals surface area contributed by atoms with Crippen LogP contribution in [-0.4, -0.2) is 50.2 Å². The number of aromatic nitrogens is 4. The fourth-order valence-corrected chi connectivity index (χ4v) is 2.68. The molecule has 1 aliphatic heterocycles. The number of nitrogens with one attached hydrogen (secondary N) is 1. The van der Waals surface area contributed by atoms with E-state index in [0.29, 0.717) is 29.6 Å². The van der Waals surface area contributed by atoms with Crippen molar-refractivity contribution >= 4 is 22.9 Å². The molecule has 9 heteroatoms. The predicted molar refractivity (Wildman–Crippen MR) is 77.9 cm³/mol. The quantitative estimate of drug-likeness (QED) is 0.734. The van der Waals surface area contributed by atoms with Crippen molar-refractivity contribution < 1.29 is 14.6 Å². The molecule has 1 saturated heterocycles. The van der Waals surface area contributed by atoms with E-state index in [2.05, 4.69) is 20.3 Å². The Morgan fingerprint density at radius 3 is 2.95 bits per heavy atom. The first-order valence-electron chi connectivity index (χ1n) is 7.39. The summed E-state index contributed by atoms with van der Waals surface area (Å²) in [5.41, 5.74) is 7.09. The lowest BCUT2D eigenvalue weighted by Gasteiger charge is -2.26. The van der Waals surface area contributed by atoms with Crippen molar-refractivity contribution in [2.75, 3.05) is 24.3 Å². The molecule has 1 saturated carbocycles. The predicted octanol–water partition coefficient (Wildman–Crippen LogP) is 0.237. The summed E-state index contributed by atoms with van der Waals surface area (Å²) in [7, 11) is 0. The van der Waals surface area contributed by atoms with Crippen molar-refractivity contribution in [2.45, 2.75) is 37.8 Å². The Bertz CT molecular complexity index is 686. The number of hydrogen-bond donors (Lipinski definition) is 3. The van der Waals surface area contributed by atoms with Gasteiger partial charge in [-0.25, -0.2) is 4.98 Å². The van der Waals surface area contributed by atoms with Gasteiger partial charge in [-0.2, -0.15) is 9.97 Å². The second-order valence-electron chi connectivity index (χ2n) is 5.56. The fourth-order valence-electron chi connectivity index (χ4n) is 2.68. The Balaban J connectivity index is 1.68. The molecular weight excluding hydrogens is 288 g/mol. The smallest absolute Gasteiger partial charge is 0.224 e. The third-order valence-electron chi connectivity index (χ3n) is 4.08. The van der Waals surface area contributed by atoms with E-state index in [9.17, 15) is 0 Å². The van der Waals surface area contributed by atoms with Gasteiger partial charge in [-0.1, -0.05) is 0 Å². The van der Waals surface area contributed by atoms with Crippen LogP contribution in [-0.2, 0) is 9.47 Å². The number of imidazole rings is 1. The minimum atomic E-state index is -0.616. The molecule has 1 aliphatic carbocycles. The van der Waals surface area contributed by atoms with Crippen molar-refractivity contribution in [1.29, 1.82) is 0 Å². The zero-order valence-corrected chi connectivity index (χ0v) is 12.0. The molecule has 2 atom stereocenters. The lowest BCUT2D eigenvalue weighted by Crippen LogP contribution is -2.27. The second-order valence-corrected chi connectivity index (χ2v) is 5.56. The van der Waals surface area contributed by atoms with Crippen molar-refractivity contribution in [3.8, 4) is 0 Å². The van der Waals surface area contributed by atoms with Crippen molar-refractivity contribution in [3.05, 3.63) is 6.33 Å². The highest BCUT2D eigenvalue weighted by Gasteiger charge is 2.29. The Kier molecular flexibility index (Phi) is 3.32. The van der Waals surface area contributed by atoms with Crippen molar-refractivity contribution in [3.63, 3.8) is 0 Å². The molecule has 0 aromatic carbocycles. The highest BCUT2D eigenvalue weighted by molar-refractivity contribution is 5.84. The third-order valence-corrected chi connectivity index (χ3v) is 4.08.